The molecular weight excluding hydrogens is 198 g/mol. The van der Waals surface area contributed by atoms with E-state index in [2.05, 4.69) is 12.6 Å². The molecule has 0 aromatic rings. The molecule has 0 radical (unpaired) electrons. The van der Waals surface area contributed by atoms with E-state index in [0.29, 0.717) is 0 Å². The fraction of sp³-hybridized carbons (Fsp3) is 0.900. The quantitative estimate of drug-likeness (QED) is 0.632. The number of carbonyl (C=O) groups excluding carboxylic acids is 1. The molecule has 1 fully saturated rings. The van der Waals surface area contributed by atoms with Gasteiger partial charge in [0.1, 0.15) is 5.60 Å². The third-order valence-corrected chi connectivity index (χ3v) is 2.64. The van der Waals surface area contributed by atoms with E-state index >= 15 is 0 Å². The number of rotatable bonds is 0. The molecule has 1 saturated heterocycles. The Kier molecular flexibility index (Phi) is 3.70. The maximum atomic E-state index is 11.7. The van der Waals surface area contributed by atoms with Crippen LogP contribution in [0.15, 0.2) is 0 Å². The Balaban J connectivity index is 2.50. The lowest BCUT2D eigenvalue weighted by Crippen LogP contribution is -2.43. The standard InChI is InChI=1S/C10H19NO2S/c1-10(2,3)13-9(12)11-7-5-4-6-8(11)14/h8,14H,4-7H2,1-3H3. The Morgan fingerprint density at radius 3 is 2.57 bits per heavy atom. The molecule has 1 aliphatic heterocycles. The molecule has 0 saturated carbocycles. The molecule has 0 bridgehead atoms. The summed E-state index contributed by atoms with van der Waals surface area (Å²) in [6.07, 6.45) is 2.92. The normalized spacial score (nSPS) is 23.4. The zero-order valence-corrected chi connectivity index (χ0v) is 10.0. The van der Waals surface area contributed by atoms with Gasteiger partial charge in [0.05, 0.1) is 5.37 Å². The molecule has 1 heterocycles. The van der Waals surface area contributed by atoms with E-state index < -0.39 is 5.60 Å². The molecule has 82 valence electrons. The van der Waals surface area contributed by atoms with Gasteiger partial charge < -0.3 is 4.74 Å². The highest BCUT2D eigenvalue weighted by Gasteiger charge is 2.28. The van der Waals surface area contributed by atoms with Gasteiger partial charge in [0, 0.05) is 6.54 Å². The van der Waals surface area contributed by atoms with Crippen LogP contribution in [-0.4, -0.2) is 28.5 Å². The molecule has 1 aliphatic rings. The van der Waals surface area contributed by atoms with Crippen LogP contribution in [0.25, 0.3) is 0 Å². The molecule has 1 unspecified atom stereocenters. The second-order valence-corrected chi connectivity index (χ2v) is 5.25. The summed E-state index contributed by atoms with van der Waals surface area (Å²) in [5.41, 5.74) is -0.415. The van der Waals surface area contributed by atoms with Crippen molar-refractivity contribution in [1.29, 1.82) is 0 Å². The van der Waals surface area contributed by atoms with Gasteiger partial charge in [-0.25, -0.2) is 4.79 Å². The fourth-order valence-corrected chi connectivity index (χ4v) is 1.84. The topological polar surface area (TPSA) is 29.5 Å². The average molecular weight is 217 g/mol. The van der Waals surface area contributed by atoms with E-state index in [0.717, 1.165) is 25.8 Å². The first-order valence-corrected chi connectivity index (χ1v) is 5.59. The van der Waals surface area contributed by atoms with Gasteiger partial charge in [-0.3, -0.25) is 4.90 Å². The van der Waals surface area contributed by atoms with Crippen molar-refractivity contribution in [3.05, 3.63) is 0 Å². The van der Waals surface area contributed by atoms with Crippen molar-refractivity contribution < 1.29 is 9.53 Å². The van der Waals surface area contributed by atoms with E-state index in [9.17, 15) is 4.79 Å². The van der Waals surface area contributed by atoms with Crippen LogP contribution >= 0.6 is 12.6 Å². The maximum Gasteiger partial charge on any atom is 0.411 e. The van der Waals surface area contributed by atoms with Gasteiger partial charge in [-0.1, -0.05) is 0 Å². The number of ether oxygens (including phenoxy) is 1. The van der Waals surface area contributed by atoms with Gasteiger partial charge >= 0.3 is 6.09 Å². The summed E-state index contributed by atoms with van der Waals surface area (Å²) in [5, 5.41) is 0.0265. The number of amides is 1. The molecule has 0 N–H and O–H groups in total. The van der Waals surface area contributed by atoms with Crippen molar-refractivity contribution in [2.75, 3.05) is 6.54 Å². The van der Waals surface area contributed by atoms with E-state index in [1.807, 2.05) is 20.8 Å². The summed E-state index contributed by atoms with van der Waals surface area (Å²) in [5.74, 6) is 0. The Morgan fingerprint density at radius 1 is 1.43 bits per heavy atom. The highest BCUT2D eigenvalue weighted by atomic mass is 32.1. The first kappa shape index (κ1) is 11.7. The first-order chi connectivity index (χ1) is 6.40. The molecule has 4 heteroatoms. The molecule has 14 heavy (non-hydrogen) atoms. The van der Waals surface area contributed by atoms with Gasteiger partial charge in [-0.15, -0.1) is 0 Å². The van der Waals surface area contributed by atoms with Crippen LogP contribution in [0.1, 0.15) is 40.0 Å². The molecule has 1 rings (SSSR count). The minimum absolute atomic E-state index is 0.0265. The van der Waals surface area contributed by atoms with Gasteiger partial charge in [0.25, 0.3) is 0 Å². The fourth-order valence-electron chi connectivity index (χ4n) is 1.45. The zero-order chi connectivity index (χ0) is 10.8. The number of hydrogen-bond acceptors (Lipinski definition) is 3. The molecule has 0 aliphatic carbocycles. The SMILES string of the molecule is CC(C)(C)OC(=O)N1CCCCC1S. The third kappa shape index (κ3) is 3.40. The van der Waals surface area contributed by atoms with Crippen molar-refractivity contribution in [2.24, 2.45) is 0 Å². The Bertz CT molecular complexity index is 213. The molecule has 3 nitrogen and oxygen atoms in total. The van der Waals surface area contributed by atoms with Crippen molar-refractivity contribution >= 4 is 18.7 Å². The highest BCUT2D eigenvalue weighted by molar-refractivity contribution is 7.80. The summed E-state index contributed by atoms with van der Waals surface area (Å²) in [6.45, 7) is 6.40. The maximum absolute atomic E-state index is 11.7. The largest absolute Gasteiger partial charge is 0.444 e. The van der Waals surface area contributed by atoms with Gasteiger partial charge in [-0.2, -0.15) is 12.6 Å². The van der Waals surface area contributed by atoms with E-state index in [-0.39, 0.29) is 11.5 Å². The average Bonchev–Trinajstić information content (AvgIpc) is 2.01. The van der Waals surface area contributed by atoms with Gasteiger partial charge in [-0.05, 0) is 40.0 Å². The Labute approximate surface area is 91.2 Å². The van der Waals surface area contributed by atoms with Crippen LogP contribution in [-0.2, 0) is 4.74 Å². The van der Waals surface area contributed by atoms with Crippen molar-refractivity contribution in [2.45, 2.75) is 51.0 Å². The predicted molar refractivity (Wildman–Crippen MR) is 59.6 cm³/mol. The van der Waals surface area contributed by atoms with Crippen LogP contribution in [0, 0.1) is 0 Å². The van der Waals surface area contributed by atoms with E-state index in [4.69, 9.17) is 4.74 Å². The predicted octanol–water partition coefficient (Wildman–Crippen LogP) is 2.66. The monoisotopic (exact) mass is 217 g/mol. The summed E-state index contributed by atoms with van der Waals surface area (Å²) in [7, 11) is 0. The van der Waals surface area contributed by atoms with Crippen LogP contribution in [0.3, 0.4) is 0 Å². The summed E-state index contributed by atoms with van der Waals surface area (Å²) in [6, 6.07) is 0. The summed E-state index contributed by atoms with van der Waals surface area (Å²) >= 11 is 4.37. The number of likely N-dealkylation sites (tertiary alicyclic amines) is 1. The number of thiol groups is 1. The lowest BCUT2D eigenvalue weighted by molar-refractivity contribution is 0.0188. The lowest BCUT2D eigenvalue weighted by Gasteiger charge is -2.34. The summed E-state index contributed by atoms with van der Waals surface area (Å²) in [4.78, 5) is 13.4. The van der Waals surface area contributed by atoms with Crippen LogP contribution in [0.2, 0.25) is 0 Å². The van der Waals surface area contributed by atoms with Gasteiger partial charge in [0.15, 0.2) is 0 Å². The highest BCUT2D eigenvalue weighted by Crippen LogP contribution is 2.22. The minimum Gasteiger partial charge on any atom is -0.444 e. The smallest absolute Gasteiger partial charge is 0.411 e. The molecule has 1 atom stereocenters. The molecular formula is C10H19NO2S. The Hall–Kier alpha value is -0.380. The Morgan fingerprint density at radius 2 is 2.07 bits per heavy atom. The third-order valence-electron chi connectivity index (χ3n) is 2.10. The molecule has 0 spiro atoms. The number of piperidine rings is 1. The zero-order valence-electron chi connectivity index (χ0n) is 9.12. The molecule has 1 amide bonds. The molecule has 0 aromatic heterocycles. The van der Waals surface area contributed by atoms with Gasteiger partial charge in [0.2, 0.25) is 0 Å². The van der Waals surface area contributed by atoms with Crippen LogP contribution in [0.4, 0.5) is 4.79 Å². The van der Waals surface area contributed by atoms with Crippen LogP contribution in [0.5, 0.6) is 0 Å². The number of nitrogens with zero attached hydrogens (tertiary/aromatic N) is 1. The molecule has 0 aromatic carbocycles. The van der Waals surface area contributed by atoms with Crippen LogP contribution < -0.4 is 0 Å². The van der Waals surface area contributed by atoms with Crippen molar-refractivity contribution in [1.82, 2.24) is 4.90 Å². The summed E-state index contributed by atoms with van der Waals surface area (Å²) < 4.78 is 5.29. The first-order valence-electron chi connectivity index (χ1n) is 5.08. The van der Waals surface area contributed by atoms with Crippen molar-refractivity contribution in [3.8, 4) is 0 Å². The minimum atomic E-state index is -0.415. The van der Waals surface area contributed by atoms with E-state index in [1.165, 1.54) is 0 Å². The van der Waals surface area contributed by atoms with Crippen molar-refractivity contribution in [3.63, 3.8) is 0 Å². The van der Waals surface area contributed by atoms with E-state index in [1.54, 1.807) is 4.90 Å². The number of hydrogen-bond donors (Lipinski definition) is 1. The lowest BCUT2D eigenvalue weighted by atomic mass is 10.1. The number of carbonyl (C=O) groups is 1. The second-order valence-electron chi connectivity index (χ2n) is 4.65. The second kappa shape index (κ2) is 4.43.